The Balaban J connectivity index is 2.45. The van der Waals surface area contributed by atoms with Crippen molar-refractivity contribution in [3.8, 4) is 0 Å². The lowest BCUT2D eigenvalue weighted by Crippen LogP contribution is -2.42. The molecule has 2 aromatic rings. The third-order valence-electron chi connectivity index (χ3n) is 3.29. The first-order valence-corrected chi connectivity index (χ1v) is 5.66. The van der Waals surface area contributed by atoms with E-state index in [4.69, 9.17) is 5.73 Å². The topological polar surface area (TPSA) is 60.0 Å². The number of rotatable bonds is 3. The first-order valence-electron chi connectivity index (χ1n) is 5.66. The number of nitrogens with zero attached hydrogens (tertiary/aromatic N) is 4. The van der Waals surface area contributed by atoms with Gasteiger partial charge in [0.15, 0.2) is 5.65 Å². The van der Waals surface area contributed by atoms with Gasteiger partial charge in [0.1, 0.15) is 5.52 Å². The van der Waals surface area contributed by atoms with Crippen LogP contribution in [0.25, 0.3) is 11.2 Å². The molecule has 0 saturated carbocycles. The lowest BCUT2D eigenvalue weighted by molar-refractivity contribution is 0.172. The summed E-state index contributed by atoms with van der Waals surface area (Å²) in [5.41, 5.74) is 7.65. The van der Waals surface area contributed by atoms with Gasteiger partial charge in [-0.1, -0.05) is 0 Å². The van der Waals surface area contributed by atoms with Crippen molar-refractivity contribution < 1.29 is 0 Å². The zero-order valence-corrected chi connectivity index (χ0v) is 10.8. The molecule has 0 aromatic carbocycles. The molecule has 2 heterocycles. The first-order chi connectivity index (χ1) is 7.92. The van der Waals surface area contributed by atoms with Crippen LogP contribution >= 0.6 is 0 Å². The molecule has 0 aliphatic carbocycles. The number of fused-ring (bicyclic) bond motifs is 1. The number of hydrogen-bond acceptors (Lipinski definition) is 4. The van der Waals surface area contributed by atoms with Gasteiger partial charge in [-0.3, -0.25) is 4.57 Å². The van der Waals surface area contributed by atoms with Crippen LogP contribution in [0.2, 0.25) is 0 Å². The van der Waals surface area contributed by atoms with Gasteiger partial charge in [-0.05, 0) is 40.1 Å². The van der Waals surface area contributed by atoms with Crippen LogP contribution in [0.5, 0.6) is 0 Å². The molecule has 0 aliphatic heterocycles. The van der Waals surface area contributed by atoms with Gasteiger partial charge < -0.3 is 10.6 Å². The quantitative estimate of drug-likeness (QED) is 0.869. The Kier molecular flexibility index (Phi) is 2.79. The van der Waals surface area contributed by atoms with Gasteiger partial charge >= 0.3 is 0 Å². The predicted octanol–water partition coefficient (Wildman–Crippen LogP) is 1.35. The molecule has 0 fully saturated rings. The molecule has 0 radical (unpaired) electrons. The highest BCUT2D eigenvalue weighted by molar-refractivity contribution is 5.73. The monoisotopic (exact) mass is 233 g/mol. The highest BCUT2D eigenvalue weighted by atomic mass is 15.2. The van der Waals surface area contributed by atoms with E-state index in [9.17, 15) is 0 Å². The van der Waals surface area contributed by atoms with Crippen molar-refractivity contribution in [1.29, 1.82) is 0 Å². The van der Waals surface area contributed by atoms with E-state index in [0.29, 0.717) is 5.95 Å². The van der Waals surface area contributed by atoms with E-state index in [-0.39, 0.29) is 5.54 Å². The maximum Gasteiger partial charge on any atom is 0.202 e. The fourth-order valence-corrected chi connectivity index (χ4v) is 1.66. The van der Waals surface area contributed by atoms with Crippen molar-refractivity contribution >= 4 is 17.1 Å². The summed E-state index contributed by atoms with van der Waals surface area (Å²) < 4.78 is 1.97. The van der Waals surface area contributed by atoms with Crippen LogP contribution in [0, 0.1) is 0 Å². The fraction of sp³-hybridized carbons (Fsp3) is 0.500. The predicted molar refractivity (Wildman–Crippen MR) is 69.7 cm³/mol. The smallest absolute Gasteiger partial charge is 0.202 e. The number of hydrogen-bond donors (Lipinski definition) is 1. The van der Waals surface area contributed by atoms with E-state index in [1.807, 2.05) is 16.7 Å². The number of pyridine rings is 1. The van der Waals surface area contributed by atoms with Crippen molar-refractivity contribution in [2.45, 2.75) is 25.9 Å². The van der Waals surface area contributed by atoms with Crippen molar-refractivity contribution in [1.82, 2.24) is 19.4 Å². The second-order valence-corrected chi connectivity index (χ2v) is 5.11. The largest absolute Gasteiger partial charge is 0.369 e. The van der Waals surface area contributed by atoms with Crippen LogP contribution in [0.1, 0.15) is 13.8 Å². The Morgan fingerprint density at radius 1 is 1.41 bits per heavy atom. The molecule has 0 aliphatic rings. The molecule has 0 saturated heterocycles. The maximum atomic E-state index is 5.95. The molecule has 0 atom stereocenters. The standard InChI is InChI=1S/C12H19N5/c1-12(2,16(3)4)8-17-10-9(15-11(17)13)6-5-7-14-10/h5-7H,8H2,1-4H3,(H2,13,15). The Hall–Kier alpha value is -1.62. The van der Waals surface area contributed by atoms with Crippen LogP contribution in [-0.2, 0) is 6.54 Å². The highest BCUT2D eigenvalue weighted by Crippen LogP contribution is 2.20. The number of imidazole rings is 1. The van der Waals surface area contributed by atoms with Gasteiger partial charge in [-0.25, -0.2) is 9.97 Å². The molecular weight excluding hydrogens is 214 g/mol. The molecule has 2 N–H and O–H groups in total. The summed E-state index contributed by atoms with van der Waals surface area (Å²) in [4.78, 5) is 10.8. The zero-order valence-electron chi connectivity index (χ0n) is 10.8. The van der Waals surface area contributed by atoms with Crippen molar-refractivity contribution in [2.24, 2.45) is 0 Å². The van der Waals surface area contributed by atoms with Gasteiger partial charge in [0.2, 0.25) is 5.95 Å². The summed E-state index contributed by atoms with van der Waals surface area (Å²) in [6.45, 7) is 5.10. The number of nitrogen functional groups attached to an aromatic ring is 1. The van der Waals surface area contributed by atoms with Crippen molar-refractivity contribution in [2.75, 3.05) is 19.8 Å². The van der Waals surface area contributed by atoms with Gasteiger partial charge in [0, 0.05) is 18.3 Å². The first kappa shape index (κ1) is 11.9. The van der Waals surface area contributed by atoms with E-state index in [0.717, 1.165) is 17.7 Å². The molecule has 2 rings (SSSR count). The second kappa shape index (κ2) is 4.00. The van der Waals surface area contributed by atoms with Crippen LogP contribution in [0.15, 0.2) is 18.3 Å². The molecule has 0 spiro atoms. The van der Waals surface area contributed by atoms with Gasteiger partial charge in [-0.15, -0.1) is 0 Å². The van der Waals surface area contributed by atoms with E-state index < -0.39 is 0 Å². The van der Waals surface area contributed by atoms with Crippen LogP contribution < -0.4 is 5.73 Å². The van der Waals surface area contributed by atoms with E-state index in [2.05, 4.69) is 42.8 Å². The van der Waals surface area contributed by atoms with Gasteiger partial charge in [0.05, 0.1) is 0 Å². The average molecular weight is 233 g/mol. The number of nitrogens with two attached hydrogens (primary N) is 1. The van der Waals surface area contributed by atoms with E-state index in [1.54, 1.807) is 6.20 Å². The number of likely N-dealkylation sites (N-methyl/N-ethyl adjacent to an activating group) is 1. The maximum absolute atomic E-state index is 5.95. The Labute approximate surface area is 101 Å². The molecule has 0 amide bonds. The number of aromatic nitrogens is 3. The Bertz CT molecular complexity index is 527. The molecule has 0 bridgehead atoms. The van der Waals surface area contributed by atoms with Crippen molar-refractivity contribution in [3.05, 3.63) is 18.3 Å². The highest BCUT2D eigenvalue weighted by Gasteiger charge is 2.23. The normalized spacial score (nSPS) is 12.5. The molecule has 92 valence electrons. The SMILES string of the molecule is CN(C)C(C)(C)Cn1c(N)nc2cccnc21. The molecule has 5 heteroatoms. The summed E-state index contributed by atoms with van der Waals surface area (Å²) in [7, 11) is 4.12. The van der Waals surface area contributed by atoms with Crippen molar-refractivity contribution in [3.63, 3.8) is 0 Å². The Morgan fingerprint density at radius 2 is 2.12 bits per heavy atom. The summed E-state index contributed by atoms with van der Waals surface area (Å²) in [5, 5.41) is 0. The third-order valence-corrected chi connectivity index (χ3v) is 3.29. The zero-order chi connectivity index (χ0) is 12.6. The van der Waals surface area contributed by atoms with Gasteiger partial charge in [-0.2, -0.15) is 0 Å². The van der Waals surface area contributed by atoms with Crippen LogP contribution in [0.4, 0.5) is 5.95 Å². The number of anilines is 1. The fourth-order valence-electron chi connectivity index (χ4n) is 1.66. The summed E-state index contributed by atoms with van der Waals surface area (Å²) >= 11 is 0. The average Bonchev–Trinajstić information content (AvgIpc) is 2.55. The molecule has 2 aromatic heterocycles. The minimum Gasteiger partial charge on any atom is -0.369 e. The lowest BCUT2D eigenvalue weighted by Gasteiger charge is -2.33. The molecule has 5 nitrogen and oxygen atoms in total. The molecule has 0 unspecified atom stereocenters. The molecule has 17 heavy (non-hydrogen) atoms. The van der Waals surface area contributed by atoms with Crippen LogP contribution in [0.3, 0.4) is 0 Å². The second-order valence-electron chi connectivity index (χ2n) is 5.11. The molecular formula is C12H19N5. The minimum atomic E-state index is -0.000723. The minimum absolute atomic E-state index is 0.000723. The lowest BCUT2D eigenvalue weighted by atomic mass is 10.0. The van der Waals surface area contributed by atoms with E-state index >= 15 is 0 Å². The van der Waals surface area contributed by atoms with Gasteiger partial charge in [0.25, 0.3) is 0 Å². The summed E-state index contributed by atoms with van der Waals surface area (Å²) in [6.07, 6.45) is 1.77. The summed E-state index contributed by atoms with van der Waals surface area (Å²) in [6, 6.07) is 3.80. The Morgan fingerprint density at radius 3 is 2.76 bits per heavy atom. The van der Waals surface area contributed by atoms with E-state index in [1.165, 1.54) is 0 Å². The van der Waals surface area contributed by atoms with Crippen LogP contribution in [-0.4, -0.2) is 39.1 Å². The summed E-state index contributed by atoms with van der Waals surface area (Å²) in [5.74, 6) is 0.522. The third kappa shape index (κ3) is 2.10.